The zero-order valence-electron chi connectivity index (χ0n) is 16.5. The molecular weight excluding hydrogens is 408 g/mol. The first-order chi connectivity index (χ1) is 14.5. The monoisotopic (exact) mass is 428 g/mol. The molecule has 0 saturated heterocycles. The molecule has 0 bridgehead atoms. The zero-order chi connectivity index (χ0) is 21.5. The first-order valence-electron chi connectivity index (χ1n) is 8.85. The van der Waals surface area contributed by atoms with Gasteiger partial charge in [0.25, 0.3) is 5.22 Å². The van der Waals surface area contributed by atoms with Crippen molar-refractivity contribution in [3.63, 3.8) is 0 Å². The molecule has 1 unspecified atom stereocenters. The van der Waals surface area contributed by atoms with Crippen molar-refractivity contribution < 1.29 is 23.5 Å². The summed E-state index contributed by atoms with van der Waals surface area (Å²) < 4.78 is 16.3. The lowest BCUT2D eigenvalue weighted by atomic mass is 10.1. The highest BCUT2D eigenvalue weighted by molar-refractivity contribution is 8.00. The van der Waals surface area contributed by atoms with Gasteiger partial charge in [-0.05, 0) is 35.5 Å². The SMILES string of the molecule is CNC(=O)NC(=O)C(Sc1nnc(-c2ccc(OC)c(OC)c2)o1)c1ccccc1. The molecule has 156 valence electrons. The Bertz CT molecular complexity index is 1030. The maximum atomic E-state index is 12.6. The van der Waals surface area contributed by atoms with Crippen molar-refractivity contribution in [2.75, 3.05) is 21.3 Å². The summed E-state index contributed by atoms with van der Waals surface area (Å²) in [6.45, 7) is 0. The first kappa shape index (κ1) is 21.2. The van der Waals surface area contributed by atoms with Crippen molar-refractivity contribution in [1.82, 2.24) is 20.8 Å². The summed E-state index contributed by atoms with van der Waals surface area (Å²) in [6.07, 6.45) is 0. The van der Waals surface area contributed by atoms with E-state index in [0.29, 0.717) is 22.6 Å². The number of amides is 3. The lowest BCUT2D eigenvalue weighted by Gasteiger charge is -2.14. The van der Waals surface area contributed by atoms with Crippen LogP contribution in [0.15, 0.2) is 58.2 Å². The third-order valence-electron chi connectivity index (χ3n) is 4.06. The molecule has 0 spiro atoms. The third kappa shape index (κ3) is 4.90. The Kier molecular flexibility index (Phi) is 6.91. The van der Waals surface area contributed by atoms with Gasteiger partial charge in [0.15, 0.2) is 11.5 Å². The van der Waals surface area contributed by atoms with Crippen molar-refractivity contribution in [2.24, 2.45) is 0 Å². The number of ether oxygens (including phenoxy) is 2. The second-order valence-corrected chi connectivity index (χ2v) is 6.98. The van der Waals surface area contributed by atoms with Gasteiger partial charge in [0.2, 0.25) is 11.8 Å². The Morgan fingerprint density at radius 3 is 2.43 bits per heavy atom. The van der Waals surface area contributed by atoms with E-state index in [9.17, 15) is 9.59 Å². The van der Waals surface area contributed by atoms with Crippen molar-refractivity contribution in [2.45, 2.75) is 10.5 Å². The van der Waals surface area contributed by atoms with Gasteiger partial charge in [-0.1, -0.05) is 30.3 Å². The fourth-order valence-electron chi connectivity index (χ4n) is 2.58. The van der Waals surface area contributed by atoms with Gasteiger partial charge in [0.05, 0.1) is 14.2 Å². The number of carbonyl (C=O) groups excluding carboxylic acids is 2. The predicted octanol–water partition coefficient (Wildman–Crippen LogP) is 3.04. The second-order valence-electron chi connectivity index (χ2n) is 5.92. The van der Waals surface area contributed by atoms with Crippen LogP contribution in [-0.2, 0) is 4.79 Å². The normalized spacial score (nSPS) is 11.4. The van der Waals surface area contributed by atoms with E-state index < -0.39 is 17.2 Å². The van der Waals surface area contributed by atoms with Crippen molar-refractivity contribution in [3.05, 3.63) is 54.1 Å². The minimum absolute atomic E-state index is 0.181. The molecule has 3 rings (SSSR count). The topological polar surface area (TPSA) is 116 Å². The van der Waals surface area contributed by atoms with E-state index >= 15 is 0 Å². The van der Waals surface area contributed by atoms with Gasteiger partial charge < -0.3 is 19.2 Å². The molecule has 0 aliphatic rings. The molecule has 2 aromatic carbocycles. The molecule has 9 nitrogen and oxygen atoms in total. The Morgan fingerprint density at radius 2 is 1.77 bits per heavy atom. The molecule has 3 aromatic rings. The van der Waals surface area contributed by atoms with E-state index in [1.165, 1.54) is 14.2 Å². The largest absolute Gasteiger partial charge is 0.493 e. The van der Waals surface area contributed by atoms with Crippen LogP contribution >= 0.6 is 11.8 Å². The van der Waals surface area contributed by atoms with E-state index in [-0.39, 0.29) is 11.1 Å². The van der Waals surface area contributed by atoms with E-state index in [0.717, 1.165) is 11.8 Å². The molecule has 0 aliphatic heterocycles. The average Bonchev–Trinajstić information content (AvgIpc) is 3.26. The smallest absolute Gasteiger partial charge is 0.321 e. The standard InChI is InChI=1S/C20H20N4O5S/c1-21-19(26)22-17(25)16(12-7-5-4-6-8-12)30-20-24-23-18(29-20)13-9-10-14(27-2)15(11-13)28-3/h4-11,16H,1-3H3,(H2,21,22,25,26). The number of hydrogen-bond acceptors (Lipinski definition) is 8. The number of methoxy groups -OCH3 is 2. The Balaban J connectivity index is 1.85. The van der Waals surface area contributed by atoms with Crippen LogP contribution in [0.25, 0.3) is 11.5 Å². The van der Waals surface area contributed by atoms with Crippen LogP contribution in [-0.4, -0.2) is 43.4 Å². The van der Waals surface area contributed by atoms with Crippen molar-refractivity contribution in [1.29, 1.82) is 0 Å². The lowest BCUT2D eigenvalue weighted by Crippen LogP contribution is -2.39. The number of aromatic nitrogens is 2. The molecule has 0 radical (unpaired) electrons. The van der Waals surface area contributed by atoms with Gasteiger partial charge in [-0.25, -0.2) is 4.79 Å². The molecule has 1 heterocycles. The number of thioether (sulfide) groups is 1. The predicted molar refractivity (Wildman–Crippen MR) is 110 cm³/mol. The van der Waals surface area contributed by atoms with Gasteiger partial charge in [-0.15, -0.1) is 10.2 Å². The van der Waals surface area contributed by atoms with Gasteiger partial charge in [-0.2, -0.15) is 0 Å². The van der Waals surface area contributed by atoms with E-state index in [1.807, 2.05) is 6.07 Å². The maximum Gasteiger partial charge on any atom is 0.321 e. The fourth-order valence-corrected chi connectivity index (χ4v) is 3.46. The van der Waals surface area contributed by atoms with E-state index in [2.05, 4.69) is 20.8 Å². The van der Waals surface area contributed by atoms with Gasteiger partial charge in [0.1, 0.15) is 5.25 Å². The molecule has 0 fully saturated rings. The van der Waals surface area contributed by atoms with Crippen LogP contribution in [0.3, 0.4) is 0 Å². The van der Waals surface area contributed by atoms with Crippen LogP contribution in [0.2, 0.25) is 0 Å². The van der Waals surface area contributed by atoms with Gasteiger partial charge in [0, 0.05) is 12.6 Å². The lowest BCUT2D eigenvalue weighted by molar-refractivity contribution is -0.119. The second kappa shape index (κ2) is 9.79. The van der Waals surface area contributed by atoms with Gasteiger partial charge >= 0.3 is 6.03 Å². The number of hydrogen-bond donors (Lipinski definition) is 2. The number of rotatable bonds is 7. The Morgan fingerprint density at radius 1 is 1.03 bits per heavy atom. The molecule has 1 atom stereocenters. The fraction of sp³-hybridized carbons (Fsp3) is 0.200. The van der Waals surface area contributed by atoms with Crippen molar-refractivity contribution >= 4 is 23.7 Å². The summed E-state index contributed by atoms with van der Waals surface area (Å²) in [6, 6.07) is 13.6. The molecule has 0 saturated carbocycles. The van der Waals surface area contributed by atoms with E-state index in [4.69, 9.17) is 13.9 Å². The molecule has 1 aromatic heterocycles. The molecule has 3 amide bonds. The molecule has 10 heteroatoms. The summed E-state index contributed by atoms with van der Waals surface area (Å²) in [5.74, 6) is 0.855. The Labute approximate surface area is 177 Å². The number of urea groups is 1. The quantitative estimate of drug-likeness (QED) is 0.552. The first-order valence-corrected chi connectivity index (χ1v) is 9.73. The van der Waals surface area contributed by atoms with E-state index in [1.54, 1.807) is 49.6 Å². The maximum absolute atomic E-state index is 12.6. The van der Waals surface area contributed by atoms with Crippen LogP contribution in [0.4, 0.5) is 4.79 Å². The number of imide groups is 1. The third-order valence-corrected chi connectivity index (χ3v) is 5.15. The van der Waals surface area contributed by atoms with Crippen LogP contribution in [0.1, 0.15) is 10.8 Å². The van der Waals surface area contributed by atoms with Crippen molar-refractivity contribution in [3.8, 4) is 23.0 Å². The molecule has 30 heavy (non-hydrogen) atoms. The minimum atomic E-state index is -0.762. The number of nitrogens with zero attached hydrogens (tertiary/aromatic N) is 2. The highest BCUT2D eigenvalue weighted by Crippen LogP contribution is 2.37. The highest BCUT2D eigenvalue weighted by atomic mass is 32.2. The molecule has 0 aliphatic carbocycles. The summed E-state index contributed by atoms with van der Waals surface area (Å²) in [5.41, 5.74) is 1.33. The number of carbonyl (C=O) groups is 2. The molecular formula is C20H20N4O5S. The molecule has 2 N–H and O–H groups in total. The summed E-state index contributed by atoms with van der Waals surface area (Å²) in [4.78, 5) is 24.2. The summed E-state index contributed by atoms with van der Waals surface area (Å²) in [5, 5.41) is 12.1. The minimum Gasteiger partial charge on any atom is -0.493 e. The Hall–Kier alpha value is -3.53. The number of benzene rings is 2. The summed E-state index contributed by atoms with van der Waals surface area (Å²) >= 11 is 1.05. The zero-order valence-corrected chi connectivity index (χ0v) is 17.4. The summed E-state index contributed by atoms with van der Waals surface area (Å²) in [7, 11) is 4.51. The van der Waals surface area contributed by atoms with Crippen LogP contribution in [0, 0.1) is 0 Å². The average molecular weight is 428 g/mol. The van der Waals surface area contributed by atoms with Crippen LogP contribution in [0.5, 0.6) is 11.5 Å². The number of nitrogens with one attached hydrogen (secondary N) is 2. The highest BCUT2D eigenvalue weighted by Gasteiger charge is 2.26. The van der Waals surface area contributed by atoms with Gasteiger partial charge in [-0.3, -0.25) is 10.1 Å². The van der Waals surface area contributed by atoms with Crippen LogP contribution < -0.4 is 20.1 Å².